The van der Waals surface area contributed by atoms with Crippen LogP contribution in [0.15, 0.2) is 52.8 Å². The van der Waals surface area contributed by atoms with Gasteiger partial charge < -0.3 is 20.4 Å². The van der Waals surface area contributed by atoms with Gasteiger partial charge in [0.05, 0.1) is 5.00 Å². The van der Waals surface area contributed by atoms with Crippen molar-refractivity contribution in [1.82, 2.24) is 10.6 Å². The van der Waals surface area contributed by atoms with Crippen molar-refractivity contribution in [2.24, 2.45) is 10.9 Å². The van der Waals surface area contributed by atoms with E-state index in [2.05, 4.69) is 73.3 Å². The van der Waals surface area contributed by atoms with Gasteiger partial charge in [0.25, 0.3) is 0 Å². The summed E-state index contributed by atoms with van der Waals surface area (Å²) in [6, 6.07) is 15.6. The van der Waals surface area contributed by atoms with Crippen LogP contribution in [-0.4, -0.2) is 51.8 Å². The summed E-state index contributed by atoms with van der Waals surface area (Å²) in [5, 5.41) is 10.8. The number of aliphatic imine (C=N–C) groups is 1. The molecule has 1 unspecified atom stereocenters. The van der Waals surface area contributed by atoms with Crippen LogP contribution in [0.25, 0.3) is 0 Å². The molecule has 0 amide bonds. The first kappa shape index (κ1) is 19.1. The number of para-hydroxylation sites is 1. The topological polar surface area (TPSA) is 42.9 Å². The van der Waals surface area contributed by atoms with Crippen molar-refractivity contribution in [2.75, 3.05) is 49.6 Å². The zero-order valence-electron chi connectivity index (χ0n) is 16.7. The molecule has 1 atom stereocenters. The van der Waals surface area contributed by atoms with Gasteiger partial charge in [0.2, 0.25) is 0 Å². The van der Waals surface area contributed by atoms with Crippen molar-refractivity contribution in [2.45, 2.75) is 25.3 Å². The summed E-state index contributed by atoms with van der Waals surface area (Å²) >= 11 is 1.84. The van der Waals surface area contributed by atoms with Gasteiger partial charge in [-0.3, -0.25) is 4.99 Å². The van der Waals surface area contributed by atoms with E-state index in [1.165, 1.54) is 17.1 Å². The molecule has 2 aliphatic rings. The summed E-state index contributed by atoms with van der Waals surface area (Å²) < 4.78 is 0. The summed E-state index contributed by atoms with van der Waals surface area (Å²) in [6.07, 6.45) is 3.55. The molecule has 2 fully saturated rings. The molecule has 150 valence electrons. The molecule has 0 radical (unpaired) electrons. The summed E-state index contributed by atoms with van der Waals surface area (Å²) in [5.41, 5.74) is 1.34. The maximum absolute atomic E-state index is 4.46. The number of anilines is 2. The number of nitrogens with zero attached hydrogens (tertiary/aromatic N) is 3. The van der Waals surface area contributed by atoms with Gasteiger partial charge in [0.15, 0.2) is 5.96 Å². The highest BCUT2D eigenvalue weighted by atomic mass is 32.1. The first-order valence-corrected chi connectivity index (χ1v) is 11.3. The summed E-state index contributed by atoms with van der Waals surface area (Å²) in [7, 11) is 1.88. The Morgan fingerprint density at radius 3 is 2.54 bits per heavy atom. The molecular weight excluding hydrogens is 366 g/mol. The largest absolute Gasteiger partial charge is 0.371 e. The van der Waals surface area contributed by atoms with Crippen molar-refractivity contribution in [3.05, 3.63) is 47.8 Å². The van der Waals surface area contributed by atoms with E-state index in [0.717, 1.165) is 51.5 Å². The van der Waals surface area contributed by atoms with Crippen molar-refractivity contribution in [3.63, 3.8) is 0 Å². The molecule has 6 heteroatoms. The van der Waals surface area contributed by atoms with Crippen LogP contribution in [0.5, 0.6) is 0 Å². The first-order valence-electron chi connectivity index (χ1n) is 10.4. The lowest BCUT2D eigenvalue weighted by Crippen LogP contribution is -2.49. The van der Waals surface area contributed by atoms with Crippen LogP contribution in [0.2, 0.25) is 0 Å². The molecule has 1 aromatic heterocycles. The molecule has 1 aromatic carbocycles. The van der Waals surface area contributed by atoms with Crippen LogP contribution < -0.4 is 20.4 Å². The lowest BCUT2D eigenvalue weighted by molar-refractivity contribution is 0.459. The van der Waals surface area contributed by atoms with E-state index in [1.807, 2.05) is 18.4 Å². The minimum absolute atomic E-state index is 0.506. The molecule has 2 aromatic rings. The van der Waals surface area contributed by atoms with Crippen molar-refractivity contribution < 1.29 is 0 Å². The van der Waals surface area contributed by atoms with E-state index >= 15 is 0 Å². The number of benzene rings is 1. The SMILES string of the molecule is CN=C(NCC1CCN(c2ccccc2)C1)NC1CCN(c2cccs2)CC1. The standard InChI is InChI=1S/C22H31N5S/c1-23-22(25-19-10-13-26(14-11-19)21-8-5-15-28-21)24-16-18-9-12-27(17-18)20-6-3-2-4-7-20/h2-8,15,18-19H,9-14,16-17H2,1H3,(H2,23,24,25). The van der Waals surface area contributed by atoms with Crippen LogP contribution in [-0.2, 0) is 0 Å². The van der Waals surface area contributed by atoms with Crippen molar-refractivity contribution in [1.29, 1.82) is 0 Å². The van der Waals surface area contributed by atoms with Gasteiger partial charge in [0, 0.05) is 51.5 Å². The Hall–Kier alpha value is -2.21. The fraction of sp³-hybridized carbons (Fsp3) is 0.500. The van der Waals surface area contributed by atoms with Gasteiger partial charge in [-0.1, -0.05) is 18.2 Å². The van der Waals surface area contributed by atoms with Crippen LogP contribution in [0.4, 0.5) is 10.7 Å². The molecule has 4 rings (SSSR count). The zero-order chi connectivity index (χ0) is 19.2. The molecule has 3 heterocycles. The monoisotopic (exact) mass is 397 g/mol. The Morgan fingerprint density at radius 1 is 1.04 bits per heavy atom. The number of rotatable bonds is 5. The van der Waals surface area contributed by atoms with Crippen LogP contribution in [0, 0.1) is 5.92 Å². The smallest absolute Gasteiger partial charge is 0.191 e. The minimum atomic E-state index is 0.506. The summed E-state index contributed by atoms with van der Waals surface area (Å²) in [6.45, 7) is 5.47. The second-order valence-electron chi connectivity index (χ2n) is 7.75. The number of guanidine groups is 1. The second kappa shape index (κ2) is 9.32. The summed E-state index contributed by atoms with van der Waals surface area (Å²) in [5.74, 6) is 1.62. The predicted octanol–water partition coefficient (Wildman–Crippen LogP) is 3.41. The maximum atomic E-state index is 4.46. The predicted molar refractivity (Wildman–Crippen MR) is 121 cm³/mol. The van der Waals surface area contributed by atoms with Gasteiger partial charge in [0.1, 0.15) is 0 Å². The second-order valence-corrected chi connectivity index (χ2v) is 8.67. The van der Waals surface area contributed by atoms with Gasteiger partial charge >= 0.3 is 0 Å². The number of nitrogens with one attached hydrogen (secondary N) is 2. The van der Waals surface area contributed by atoms with E-state index in [0.29, 0.717) is 12.0 Å². The van der Waals surface area contributed by atoms with E-state index in [1.54, 1.807) is 0 Å². The minimum Gasteiger partial charge on any atom is -0.371 e. The van der Waals surface area contributed by atoms with Gasteiger partial charge in [-0.05, 0) is 54.8 Å². The van der Waals surface area contributed by atoms with Crippen LogP contribution in [0.3, 0.4) is 0 Å². The lowest BCUT2D eigenvalue weighted by Gasteiger charge is -2.33. The van der Waals surface area contributed by atoms with E-state index in [9.17, 15) is 0 Å². The number of piperidine rings is 1. The van der Waals surface area contributed by atoms with Gasteiger partial charge in [-0.25, -0.2) is 0 Å². The average Bonchev–Trinajstić information content (AvgIpc) is 3.44. The Balaban J connectivity index is 1.20. The molecule has 28 heavy (non-hydrogen) atoms. The quantitative estimate of drug-likeness (QED) is 0.599. The third-order valence-corrected chi connectivity index (χ3v) is 6.77. The molecule has 0 saturated carbocycles. The Bertz CT molecular complexity index is 738. The molecule has 0 bridgehead atoms. The van der Waals surface area contributed by atoms with Crippen LogP contribution in [0.1, 0.15) is 19.3 Å². The highest BCUT2D eigenvalue weighted by Crippen LogP contribution is 2.25. The van der Waals surface area contributed by atoms with Gasteiger partial charge in [-0.15, -0.1) is 11.3 Å². The Labute approximate surface area is 172 Å². The molecule has 0 spiro atoms. The normalized spacial score (nSPS) is 21.2. The summed E-state index contributed by atoms with van der Waals surface area (Å²) in [4.78, 5) is 9.44. The fourth-order valence-electron chi connectivity index (χ4n) is 4.20. The third-order valence-electron chi connectivity index (χ3n) is 5.84. The number of thiophene rings is 1. The lowest BCUT2D eigenvalue weighted by atomic mass is 10.1. The van der Waals surface area contributed by atoms with E-state index in [4.69, 9.17) is 0 Å². The van der Waals surface area contributed by atoms with Crippen LogP contribution >= 0.6 is 11.3 Å². The average molecular weight is 398 g/mol. The van der Waals surface area contributed by atoms with Gasteiger partial charge in [-0.2, -0.15) is 0 Å². The zero-order valence-corrected chi connectivity index (χ0v) is 17.5. The molecule has 5 nitrogen and oxygen atoms in total. The maximum Gasteiger partial charge on any atom is 0.191 e. The Morgan fingerprint density at radius 2 is 1.82 bits per heavy atom. The molecule has 2 aliphatic heterocycles. The van der Waals surface area contributed by atoms with E-state index in [-0.39, 0.29) is 0 Å². The molecule has 0 aliphatic carbocycles. The molecular formula is C22H31N5S. The number of hydrogen-bond acceptors (Lipinski definition) is 4. The highest BCUT2D eigenvalue weighted by Gasteiger charge is 2.24. The molecule has 2 saturated heterocycles. The molecule has 2 N–H and O–H groups in total. The van der Waals surface area contributed by atoms with Crippen molar-refractivity contribution >= 4 is 28.0 Å². The fourth-order valence-corrected chi connectivity index (χ4v) is 4.98. The Kier molecular flexibility index (Phi) is 6.37. The third kappa shape index (κ3) is 4.79. The highest BCUT2D eigenvalue weighted by molar-refractivity contribution is 7.14. The number of hydrogen-bond donors (Lipinski definition) is 2. The van der Waals surface area contributed by atoms with Crippen molar-refractivity contribution in [3.8, 4) is 0 Å². The van der Waals surface area contributed by atoms with E-state index < -0.39 is 0 Å². The first-order chi connectivity index (χ1) is 13.8.